The molecule has 5 aliphatic rings. The number of nitrogens with one attached hydrogen (secondary N) is 1. The second-order valence-electron chi connectivity index (χ2n) is 9.47. The quantitative estimate of drug-likeness (QED) is 0.717. The first-order valence-electron chi connectivity index (χ1n) is 10.3. The molecule has 28 heavy (non-hydrogen) atoms. The van der Waals surface area contributed by atoms with Crippen molar-refractivity contribution in [1.82, 2.24) is 9.62 Å². The standard InChI is InChI=1S/C21H29N2O3PS/c1-28(26,27)22-16-11-23(12-16)19(24)10-21(14-5-3-2-4-6-14)15-7-13-8-18(21)17(9-15)20(13)25/h2-6,13,15-18,20,25,27H,7-12H2,1H3,(H,22,26). The van der Waals surface area contributed by atoms with Crippen LogP contribution >= 0.6 is 8.02 Å². The van der Waals surface area contributed by atoms with Crippen molar-refractivity contribution in [2.24, 2.45) is 23.7 Å². The molecule has 0 spiro atoms. The van der Waals surface area contributed by atoms with E-state index in [0.717, 1.165) is 19.3 Å². The highest BCUT2D eigenvalue weighted by atomic mass is 32.5. The average Bonchev–Trinajstić information content (AvgIpc) is 2.94. The molecule has 2 N–H and O–H groups in total. The third kappa shape index (κ3) is 2.87. The van der Waals surface area contributed by atoms with Crippen molar-refractivity contribution in [3.05, 3.63) is 35.9 Å². The Bertz CT molecular complexity index is 882. The Hall–Kier alpha value is -0.940. The molecule has 1 aromatic rings. The molecule has 5 fully saturated rings. The molecule has 4 bridgehead atoms. The Labute approximate surface area is 169 Å². The van der Waals surface area contributed by atoms with E-state index in [0.29, 0.717) is 43.2 Å². The minimum absolute atomic E-state index is 0.0873. The Morgan fingerprint density at radius 3 is 2.68 bits per heavy atom. The molecular weight excluding hydrogens is 391 g/mol. The summed E-state index contributed by atoms with van der Waals surface area (Å²) in [5.41, 5.74) is 1.14. The maximum Gasteiger partial charge on any atom is 0.223 e. The molecule has 1 amide bonds. The second-order valence-corrected chi connectivity index (χ2v) is 13.7. The van der Waals surface area contributed by atoms with Gasteiger partial charge in [0.05, 0.1) is 12.1 Å². The predicted molar refractivity (Wildman–Crippen MR) is 112 cm³/mol. The van der Waals surface area contributed by atoms with E-state index in [1.807, 2.05) is 11.0 Å². The number of hydrogen-bond donors (Lipinski definition) is 2. The number of benzene rings is 1. The molecular formula is C21H29N2O3PS. The first kappa shape index (κ1) is 19.0. The number of aliphatic hydroxyl groups excluding tert-OH is 1. The lowest BCUT2D eigenvalue weighted by molar-refractivity contribution is -0.138. The predicted octanol–water partition coefficient (Wildman–Crippen LogP) is 2.04. The van der Waals surface area contributed by atoms with E-state index >= 15 is 0 Å². The third-order valence-electron chi connectivity index (χ3n) is 7.91. The van der Waals surface area contributed by atoms with Gasteiger partial charge in [-0.25, -0.2) is 8.93 Å². The van der Waals surface area contributed by atoms with E-state index in [4.69, 9.17) is 0 Å². The zero-order valence-electron chi connectivity index (χ0n) is 16.2. The molecule has 1 saturated heterocycles. The lowest BCUT2D eigenvalue weighted by atomic mass is 9.59. The fourth-order valence-corrected chi connectivity index (χ4v) is 8.17. The summed E-state index contributed by atoms with van der Waals surface area (Å²) in [4.78, 5) is 15.2. The zero-order valence-corrected chi connectivity index (χ0v) is 18.0. The molecule has 7 unspecified atom stereocenters. The highest BCUT2D eigenvalue weighted by Crippen LogP contribution is 2.68. The van der Waals surface area contributed by atoms with Crippen LogP contribution in [0, 0.1) is 23.7 Å². The fraction of sp³-hybridized carbons (Fsp3) is 0.667. The van der Waals surface area contributed by atoms with Gasteiger partial charge in [-0.1, -0.05) is 30.3 Å². The van der Waals surface area contributed by atoms with Crippen LogP contribution in [-0.2, 0) is 19.5 Å². The number of carbonyl (C=O) groups is 1. The number of rotatable bonds is 5. The summed E-state index contributed by atoms with van der Waals surface area (Å²) in [6, 6.07) is 10.6. The van der Waals surface area contributed by atoms with Gasteiger partial charge in [-0.15, -0.1) is 0 Å². The second kappa shape index (κ2) is 6.53. The van der Waals surface area contributed by atoms with Gasteiger partial charge in [-0.3, -0.25) is 4.79 Å². The monoisotopic (exact) mass is 420 g/mol. The summed E-state index contributed by atoms with van der Waals surface area (Å²) in [5.74, 6) is 1.87. The van der Waals surface area contributed by atoms with E-state index in [2.05, 4.69) is 37.0 Å². The van der Waals surface area contributed by atoms with Gasteiger partial charge in [0.2, 0.25) is 5.91 Å². The molecule has 1 aliphatic heterocycles. The Morgan fingerprint density at radius 1 is 1.29 bits per heavy atom. The minimum Gasteiger partial charge on any atom is -0.393 e. The number of hydrogen-bond acceptors (Lipinski definition) is 3. The summed E-state index contributed by atoms with van der Waals surface area (Å²) in [7, 11) is 1.02. The van der Waals surface area contributed by atoms with Crippen LogP contribution in [0.1, 0.15) is 31.2 Å². The van der Waals surface area contributed by atoms with Crippen LogP contribution in [0.5, 0.6) is 0 Å². The van der Waals surface area contributed by atoms with Crippen molar-refractivity contribution in [1.29, 1.82) is 0 Å². The van der Waals surface area contributed by atoms with Gasteiger partial charge in [-0.05, 0) is 56.5 Å². The lowest BCUT2D eigenvalue weighted by Crippen LogP contribution is -2.61. The fourth-order valence-electron chi connectivity index (χ4n) is 6.89. The van der Waals surface area contributed by atoms with E-state index < -0.39 is 9.30 Å². The smallest absolute Gasteiger partial charge is 0.223 e. The summed E-state index contributed by atoms with van der Waals surface area (Å²) >= 11 is 0. The molecule has 7 heteroatoms. The normalized spacial score (nSPS) is 41.1. The number of carbonyl (C=O) groups excluding carboxylic acids is 1. The zero-order chi connectivity index (χ0) is 19.7. The van der Waals surface area contributed by atoms with E-state index in [-0.39, 0.29) is 23.5 Å². The molecule has 0 radical (unpaired) electrons. The molecule has 6 rings (SSSR count). The first-order chi connectivity index (χ1) is 13.3. The van der Waals surface area contributed by atoms with Gasteiger partial charge in [0.25, 0.3) is 0 Å². The van der Waals surface area contributed by atoms with Crippen molar-refractivity contribution in [3.63, 3.8) is 0 Å². The molecule has 152 valence electrons. The Balaban J connectivity index is 1.39. The van der Waals surface area contributed by atoms with Gasteiger partial charge in [0.15, 0.2) is 0 Å². The van der Waals surface area contributed by atoms with Crippen molar-refractivity contribution in [3.8, 4) is 0 Å². The Kier molecular flexibility index (Phi) is 4.44. The van der Waals surface area contributed by atoms with Crippen LogP contribution in [0.2, 0.25) is 0 Å². The van der Waals surface area contributed by atoms with Crippen LogP contribution in [0.3, 0.4) is 0 Å². The summed E-state index contributed by atoms with van der Waals surface area (Å²) in [6.45, 7) is 1.23. The average molecular weight is 421 g/mol. The summed E-state index contributed by atoms with van der Waals surface area (Å²) < 4.78 is 14.9. The van der Waals surface area contributed by atoms with Crippen LogP contribution in [-0.4, -0.2) is 51.6 Å². The summed E-state index contributed by atoms with van der Waals surface area (Å²) in [6.07, 6.45) is 5.12. The van der Waals surface area contributed by atoms with Gasteiger partial charge in [0, 0.05) is 40.5 Å². The highest BCUT2D eigenvalue weighted by molar-refractivity contribution is 8.18. The largest absolute Gasteiger partial charge is 0.393 e. The van der Waals surface area contributed by atoms with Crippen molar-refractivity contribution in [2.75, 3.05) is 19.3 Å². The summed E-state index contributed by atoms with van der Waals surface area (Å²) in [5, 5.41) is 10.7. The molecule has 4 aliphatic carbocycles. The van der Waals surface area contributed by atoms with Crippen molar-refractivity contribution in [2.45, 2.75) is 43.2 Å². The van der Waals surface area contributed by atoms with Crippen LogP contribution in [0.25, 0.3) is 0 Å². The SMILES string of the molecule is CS(=O)(=P)NC1CN(C(=O)CC2(c3ccccc3)C3CC4CC2C(C3)C4O)C1. The van der Waals surface area contributed by atoms with E-state index in [9.17, 15) is 14.1 Å². The van der Waals surface area contributed by atoms with Gasteiger partial charge >= 0.3 is 0 Å². The topological polar surface area (TPSA) is 69.6 Å². The number of likely N-dealkylation sites (tertiary alicyclic amines) is 1. The van der Waals surface area contributed by atoms with Gasteiger partial charge < -0.3 is 10.0 Å². The highest BCUT2D eigenvalue weighted by Gasteiger charge is 2.66. The molecule has 0 aromatic heterocycles. The van der Waals surface area contributed by atoms with Crippen molar-refractivity contribution >= 4 is 23.2 Å². The van der Waals surface area contributed by atoms with Gasteiger partial charge in [-0.2, -0.15) is 0 Å². The molecule has 1 heterocycles. The molecule has 5 nitrogen and oxygen atoms in total. The van der Waals surface area contributed by atoms with E-state index in [1.165, 1.54) is 5.56 Å². The lowest BCUT2D eigenvalue weighted by Gasteiger charge is -2.47. The first-order valence-corrected chi connectivity index (χ1v) is 13.5. The van der Waals surface area contributed by atoms with Crippen LogP contribution in [0.15, 0.2) is 30.3 Å². The maximum absolute atomic E-state index is 13.3. The van der Waals surface area contributed by atoms with Gasteiger partial charge in [0.1, 0.15) is 0 Å². The number of aliphatic hydroxyl groups is 1. The third-order valence-corrected chi connectivity index (χ3v) is 9.05. The molecule has 1 aromatic carbocycles. The molecule has 7 atom stereocenters. The number of amides is 1. The van der Waals surface area contributed by atoms with Crippen molar-refractivity contribution < 1.29 is 14.1 Å². The Morgan fingerprint density at radius 2 is 2.00 bits per heavy atom. The van der Waals surface area contributed by atoms with Crippen LogP contribution < -0.4 is 4.72 Å². The molecule has 4 saturated carbocycles. The van der Waals surface area contributed by atoms with Crippen LogP contribution in [0.4, 0.5) is 0 Å². The maximum atomic E-state index is 13.3. The number of nitrogens with zero attached hydrogens (tertiary/aromatic N) is 1. The minimum atomic E-state index is -2.19. The van der Waals surface area contributed by atoms with E-state index in [1.54, 1.807) is 6.26 Å².